The molecule has 0 aliphatic heterocycles. The number of sulfonamides is 1. The second-order valence-electron chi connectivity index (χ2n) is 6.79. The molecular formula is C23H20N6O2S. The summed E-state index contributed by atoms with van der Waals surface area (Å²) in [7, 11) is -3.50. The molecule has 0 spiro atoms. The molecule has 0 aliphatic rings. The molecule has 0 atom stereocenters. The van der Waals surface area contributed by atoms with E-state index in [9.17, 15) is 8.42 Å². The fourth-order valence-electron chi connectivity index (χ4n) is 3.02. The summed E-state index contributed by atoms with van der Waals surface area (Å²) in [6.45, 7) is 2.06. The van der Waals surface area contributed by atoms with Crippen molar-refractivity contribution in [3.63, 3.8) is 0 Å². The minimum atomic E-state index is -3.50. The Morgan fingerprint density at radius 1 is 1.00 bits per heavy atom. The summed E-state index contributed by atoms with van der Waals surface area (Å²) in [4.78, 5) is 13.1. The lowest BCUT2D eigenvalue weighted by Gasteiger charge is -2.09. The summed E-state index contributed by atoms with van der Waals surface area (Å²) >= 11 is 0. The van der Waals surface area contributed by atoms with E-state index in [-0.39, 0.29) is 4.90 Å². The van der Waals surface area contributed by atoms with Crippen LogP contribution in [-0.4, -0.2) is 29.9 Å². The lowest BCUT2D eigenvalue weighted by molar-refractivity contribution is 0.584. The van der Waals surface area contributed by atoms with E-state index in [1.165, 1.54) is 12.1 Å². The van der Waals surface area contributed by atoms with Gasteiger partial charge in [0, 0.05) is 41.6 Å². The van der Waals surface area contributed by atoms with Gasteiger partial charge in [0.15, 0.2) is 0 Å². The maximum atomic E-state index is 12.1. The first-order valence-corrected chi connectivity index (χ1v) is 11.3. The summed E-state index contributed by atoms with van der Waals surface area (Å²) in [5.74, 6) is 7.02. The van der Waals surface area contributed by atoms with Crippen molar-refractivity contribution in [1.29, 1.82) is 0 Å². The molecule has 0 radical (unpaired) electrons. The monoisotopic (exact) mass is 444 g/mol. The van der Waals surface area contributed by atoms with Gasteiger partial charge in [0.25, 0.3) is 0 Å². The summed E-state index contributed by atoms with van der Waals surface area (Å²) in [5, 5.41) is 4.90. The van der Waals surface area contributed by atoms with Crippen molar-refractivity contribution >= 4 is 38.1 Å². The second kappa shape index (κ2) is 9.01. The van der Waals surface area contributed by atoms with Crippen LogP contribution in [0.3, 0.4) is 0 Å². The van der Waals surface area contributed by atoms with Crippen LogP contribution in [0, 0.1) is 11.8 Å². The SMILES string of the molecule is CCNS(=O)(=O)c1ccc(Nc2cc3c(C#Cc4cccnc4N)nccc3cn2)cc1. The Labute approximate surface area is 186 Å². The molecule has 9 heteroatoms. The largest absolute Gasteiger partial charge is 0.383 e. The zero-order valence-electron chi connectivity index (χ0n) is 17.2. The smallest absolute Gasteiger partial charge is 0.240 e. The van der Waals surface area contributed by atoms with Gasteiger partial charge in [0.1, 0.15) is 17.3 Å². The van der Waals surface area contributed by atoms with Crippen LogP contribution in [0.4, 0.5) is 17.3 Å². The Morgan fingerprint density at radius 2 is 1.81 bits per heavy atom. The van der Waals surface area contributed by atoms with E-state index in [0.29, 0.717) is 35.1 Å². The number of nitrogens with two attached hydrogens (primary N) is 1. The Balaban J connectivity index is 1.63. The molecule has 0 saturated carbocycles. The maximum Gasteiger partial charge on any atom is 0.240 e. The van der Waals surface area contributed by atoms with Gasteiger partial charge in [-0.05, 0) is 54.5 Å². The molecule has 4 aromatic rings. The lowest BCUT2D eigenvalue weighted by atomic mass is 10.1. The van der Waals surface area contributed by atoms with Crippen molar-refractivity contribution in [2.24, 2.45) is 0 Å². The number of pyridine rings is 3. The molecule has 3 heterocycles. The molecule has 8 nitrogen and oxygen atoms in total. The summed E-state index contributed by atoms with van der Waals surface area (Å²) in [6.07, 6.45) is 5.02. The Kier molecular flexibility index (Phi) is 5.98. The van der Waals surface area contributed by atoms with Crippen LogP contribution >= 0.6 is 0 Å². The van der Waals surface area contributed by atoms with Crippen LogP contribution in [0.2, 0.25) is 0 Å². The van der Waals surface area contributed by atoms with Gasteiger partial charge in [-0.25, -0.2) is 28.1 Å². The second-order valence-corrected chi connectivity index (χ2v) is 8.55. The van der Waals surface area contributed by atoms with E-state index < -0.39 is 10.0 Å². The van der Waals surface area contributed by atoms with Gasteiger partial charge in [0.05, 0.1) is 10.5 Å². The minimum Gasteiger partial charge on any atom is -0.383 e. The highest BCUT2D eigenvalue weighted by molar-refractivity contribution is 7.89. The summed E-state index contributed by atoms with van der Waals surface area (Å²) in [5.41, 5.74) is 7.78. The molecule has 1 aromatic carbocycles. The quantitative estimate of drug-likeness (QED) is 0.404. The molecule has 32 heavy (non-hydrogen) atoms. The number of fused-ring (bicyclic) bond motifs is 1. The molecule has 0 aliphatic carbocycles. The van der Waals surface area contributed by atoms with E-state index in [0.717, 1.165) is 10.8 Å². The summed E-state index contributed by atoms with van der Waals surface area (Å²) in [6, 6.07) is 13.7. The Morgan fingerprint density at radius 3 is 2.56 bits per heavy atom. The summed E-state index contributed by atoms with van der Waals surface area (Å²) < 4.78 is 26.7. The highest BCUT2D eigenvalue weighted by Crippen LogP contribution is 2.22. The Bertz CT molecular complexity index is 1440. The molecule has 160 valence electrons. The van der Waals surface area contributed by atoms with Crippen LogP contribution in [-0.2, 0) is 10.0 Å². The van der Waals surface area contributed by atoms with Crippen LogP contribution in [0.25, 0.3) is 10.8 Å². The van der Waals surface area contributed by atoms with Gasteiger partial charge in [-0.3, -0.25) is 0 Å². The molecule has 0 unspecified atom stereocenters. The number of rotatable bonds is 5. The minimum absolute atomic E-state index is 0.202. The third-order valence-electron chi connectivity index (χ3n) is 4.57. The van der Waals surface area contributed by atoms with E-state index in [2.05, 4.69) is 36.8 Å². The average molecular weight is 445 g/mol. The van der Waals surface area contributed by atoms with Gasteiger partial charge in [-0.1, -0.05) is 12.8 Å². The van der Waals surface area contributed by atoms with Crippen molar-refractivity contribution in [1.82, 2.24) is 19.7 Å². The van der Waals surface area contributed by atoms with Crippen molar-refractivity contribution < 1.29 is 8.42 Å². The van der Waals surface area contributed by atoms with E-state index in [4.69, 9.17) is 5.73 Å². The third-order valence-corrected chi connectivity index (χ3v) is 6.13. The highest BCUT2D eigenvalue weighted by atomic mass is 32.2. The van der Waals surface area contributed by atoms with Crippen molar-refractivity contribution in [2.45, 2.75) is 11.8 Å². The van der Waals surface area contributed by atoms with Gasteiger partial charge in [-0.15, -0.1) is 0 Å². The number of hydrogen-bond donors (Lipinski definition) is 3. The molecule has 0 saturated heterocycles. The number of hydrogen-bond acceptors (Lipinski definition) is 7. The van der Waals surface area contributed by atoms with E-state index in [1.54, 1.807) is 49.8 Å². The standard InChI is InChI=1S/C23H20N6O2S/c1-2-28-32(30,31)19-8-6-18(7-9-19)29-22-14-20-17(15-27-22)11-13-25-21(20)10-5-16-4-3-12-26-23(16)24/h3-4,6-9,11-15,28H,2H2,1H3,(H2,24,26)(H,27,29). The number of nitrogens with zero attached hydrogens (tertiary/aromatic N) is 3. The van der Waals surface area contributed by atoms with Crippen LogP contribution < -0.4 is 15.8 Å². The van der Waals surface area contributed by atoms with Crippen molar-refractivity contribution in [3.8, 4) is 11.8 Å². The molecule has 0 fully saturated rings. The number of benzene rings is 1. The highest BCUT2D eigenvalue weighted by Gasteiger charge is 2.12. The average Bonchev–Trinajstić information content (AvgIpc) is 2.79. The van der Waals surface area contributed by atoms with Gasteiger partial charge >= 0.3 is 0 Å². The molecule has 4 rings (SSSR count). The third kappa shape index (κ3) is 4.67. The fourth-order valence-corrected chi connectivity index (χ4v) is 4.06. The number of aromatic nitrogens is 3. The number of nitrogen functional groups attached to an aromatic ring is 1. The van der Waals surface area contributed by atoms with Crippen molar-refractivity contribution in [3.05, 3.63) is 78.4 Å². The fraction of sp³-hybridized carbons (Fsp3) is 0.0870. The molecule has 3 aromatic heterocycles. The normalized spacial score (nSPS) is 11.0. The van der Waals surface area contributed by atoms with Crippen molar-refractivity contribution in [2.75, 3.05) is 17.6 Å². The first-order valence-electron chi connectivity index (χ1n) is 9.80. The van der Waals surface area contributed by atoms with Gasteiger partial charge in [-0.2, -0.15) is 0 Å². The topological polar surface area (TPSA) is 123 Å². The molecule has 4 N–H and O–H groups in total. The predicted octanol–water partition coefficient (Wildman–Crippen LogP) is 3.05. The zero-order valence-corrected chi connectivity index (χ0v) is 18.0. The maximum absolute atomic E-state index is 12.1. The van der Waals surface area contributed by atoms with E-state index in [1.807, 2.05) is 12.1 Å². The first-order chi connectivity index (χ1) is 15.5. The van der Waals surface area contributed by atoms with Crippen LogP contribution in [0.1, 0.15) is 18.2 Å². The zero-order chi connectivity index (χ0) is 22.6. The number of nitrogens with one attached hydrogen (secondary N) is 2. The van der Waals surface area contributed by atoms with Crippen LogP contribution in [0.15, 0.2) is 72.0 Å². The van der Waals surface area contributed by atoms with Gasteiger partial charge < -0.3 is 11.1 Å². The molecule has 0 bridgehead atoms. The number of anilines is 3. The Hall–Kier alpha value is -4.00. The van der Waals surface area contributed by atoms with E-state index >= 15 is 0 Å². The lowest BCUT2D eigenvalue weighted by Crippen LogP contribution is -2.22. The molecular weight excluding hydrogens is 424 g/mol. The predicted molar refractivity (Wildman–Crippen MR) is 125 cm³/mol. The molecule has 0 amide bonds. The van der Waals surface area contributed by atoms with Gasteiger partial charge in [0.2, 0.25) is 10.0 Å². The van der Waals surface area contributed by atoms with Crippen LogP contribution in [0.5, 0.6) is 0 Å². The first kappa shape index (κ1) is 21.2.